The van der Waals surface area contributed by atoms with Gasteiger partial charge in [-0.1, -0.05) is 110 Å². The van der Waals surface area contributed by atoms with Crippen LogP contribution in [-0.2, 0) is 9.09 Å². The molecule has 1 aliphatic rings. The van der Waals surface area contributed by atoms with Crippen molar-refractivity contribution < 1.29 is 23.4 Å². The van der Waals surface area contributed by atoms with E-state index in [0.29, 0.717) is 12.6 Å². The van der Waals surface area contributed by atoms with Gasteiger partial charge in [0, 0.05) is 12.8 Å². The quantitative estimate of drug-likeness (QED) is 0.100. The number of likely N-dealkylation sites (N-methyl/N-ethyl adjacent to an activating group) is 1. The molecule has 1 rings (SSSR count). The van der Waals surface area contributed by atoms with Gasteiger partial charge in [-0.25, -0.2) is 4.57 Å². The van der Waals surface area contributed by atoms with Crippen LogP contribution >= 0.6 is 7.82 Å². The Bertz CT molecular complexity index is 476. The Kier molecular flexibility index (Phi) is 15.6. The van der Waals surface area contributed by atoms with Crippen molar-refractivity contribution in [3.8, 4) is 0 Å². The molecule has 1 saturated carbocycles. The van der Waals surface area contributed by atoms with E-state index in [2.05, 4.69) is 21.0 Å². The van der Waals surface area contributed by atoms with Gasteiger partial charge in [-0.3, -0.25) is 4.52 Å². The zero-order valence-electron chi connectivity index (χ0n) is 20.9. The van der Waals surface area contributed by atoms with Crippen LogP contribution in [0.5, 0.6) is 0 Å². The lowest BCUT2D eigenvalue weighted by Gasteiger charge is -2.33. The van der Waals surface area contributed by atoms with E-state index >= 15 is 0 Å². The van der Waals surface area contributed by atoms with E-state index in [0.717, 1.165) is 23.7 Å². The Balaban J connectivity index is 1.96. The van der Waals surface area contributed by atoms with Gasteiger partial charge in [0.05, 0.1) is 20.1 Å². The predicted molar refractivity (Wildman–Crippen MR) is 131 cm³/mol. The molecule has 1 unspecified atom stereocenters. The largest absolute Gasteiger partial charge is 0.470 e. The lowest BCUT2D eigenvalue weighted by atomic mass is 10.0. The van der Waals surface area contributed by atoms with Gasteiger partial charge in [0.15, 0.2) is 0 Å². The minimum Gasteiger partial charge on any atom is -0.324 e. The average molecular weight is 463 g/mol. The zero-order valence-corrected chi connectivity index (χ0v) is 21.8. The summed E-state index contributed by atoms with van der Waals surface area (Å²) in [5.74, 6) is 0. The van der Waals surface area contributed by atoms with Crippen LogP contribution in [-0.4, -0.2) is 47.1 Å². The first-order chi connectivity index (χ1) is 14.7. The molecule has 0 heterocycles. The molecule has 0 bridgehead atoms. The average Bonchev–Trinajstić information content (AvgIpc) is 3.52. The van der Waals surface area contributed by atoms with Gasteiger partial charge in [0.25, 0.3) is 0 Å². The monoisotopic (exact) mass is 462 g/mol. The molecular weight excluding hydrogens is 409 g/mol. The predicted octanol–water partition coefficient (Wildman–Crippen LogP) is 7.35. The number of quaternary nitrogens is 1. The normalized spacial score (nSPS) is 16.0. The van der Waals surface area contributed by atoms with Crippen molar-refractivity contribution in [1.29, 1.82) is 0 Å². The van der Waals surface area contributed by atoms with Crippen molar-refractivity contribution in [1.82, 2.24) is 0 Å². The summed E-state index contributed by atoms with van der Waals surface area (Å²) >= 11 is 0. The zero-order chi connectivity index (χ0) is 23.0. The van der Waals surface area contributed by atoms with Crippen molar-refractivity contribution in [2.75, 3.05) is 20.6 Å². The van der Waals surface area contributed by atoms with Gasteiger partial charge < -0.3 is 14.3 Å². The smallest absolute Gasteiger partial charge is 0.324 e. The summed E-state index contributed by atoms with van der Waals surface area (Å²) in [7, 11) is -0.111. The van der Waals surface area contributed by atoms with Gasteiger partial charge in [0.2, 0.25) is 0 Å². The highest BCUT2D eigenvalue weighted by Crippen LogP contribution is 2.40. The van der Waals surface area contributed by atoms with E-state index in [4.69, 9.17) is 4.52 Å². The molecule has 31 heavy (non-hydrogen) atoms. The number of nitrogens with zero attached hydrogens (tertiary/aromatic N) is 1. The molecule has 0 aromatic rings. The third-order valence-electron chi connectivity index (χ3n) is 6.88. The molecule has 2 N–H and O–H groups in total. The van der Waals surface area contributed by atoms with Crippen molar-refractivity contribution in [2.24, 2.45) is 0 Å². The van der Waals surface area contributed by atoms with E-state index in [9.17, 15) is 14.4 Å². The third-order valence-corrected chi connectivity index (χ3v) is 7.45. The second-order valence-corrected chi connectivity index (χ2v) is 11.7. The van der Waals surface area contributed by atoms with Crippen LogP contribution in [0.2, 0.25) is 0 Å². The summed E-state index contributed by atoms with van der Waals surface area (Å²) in [6.07, 6.45) is 24.2. The molecule has 1 fully saturated rings. The topological polar surface area (TPSA) is 66.8 Å². The first-order valence-corrected chi connectivity index (χ1v) is 14.8. The maximum Gasteiger partial charge on any atom is 0.470 e. The SMILES string of the molecule is CCCCCCCCCCCCCCCCCCC(C[N+](C)(C)C1CC1)OP(=O)(O)O. The second-order valence-electron chi connectivity index (χ2n) is 10.5. The van der Waals surface area contributed by atoms with Crippen LogP contribution in [0.15, 0.2) is 0 Å². The molecule has 0 spiro atoms. The molecule has 0 saturated heterocycles. The number of phosphoric acid groups is 1. The van der Waals surface area contributed by atoms with Crippen molar-refractivity contribution in [3.63, 3.8) is 0 Å². The highest BCUT2D eigenvalue weighted by molar-refractivity contribution is 7.46. The van der Waals surface area contributed by atoms with Crippen LogP contribution in [0.25, 0.3) is 0 Å². The van der Waals surface area contributed by atoms with Gasteiger partial charge in [-0.2, -0.15) is 0 Å². The highest BCUT2D eigenvalue weighted by atomic mass is 31.2. The summed E-state index contributed by atoms with van der Waals surface area (Å²) in [5, 5.41) is 0. The Labute approximate surface area is 193 Å². The molecule has 0 aromatic carbocycles. The highest BCUT2D eigenvalue weighted by Gasteiger charge is 2.40. The number of phosphoric ester groups is 1. The van der Waals surface area contributed by atoms with E-state index in [1.165, 1.54) is 103 Å². The molecule has 0 amide bonds. The van der Waals surface area contributed by atoms with Crippen molar-refractivity contribution >= 4 is 7.82 Å². The Morgan fingerprint density at radius 1 is 0.774 bits per heavy atom. The Morgan fingerprint density at radius 3 is 1.52 bits per heavy atom. The summed E-state index contributed by atoms with van der Waals surface area (Å²) in [6, 6.07) is 0.633. The molecular formula is C25H53NO4P+. The minimum atomic E-state index is -4.42. The number of hydrogen-bond acceptors (Lipinski definition) is 2. The van der Waals surface area contributed by atoms with Crippen LogP contribution in [0, 0.1) is 0 Å². The fraction of sp³-hybridized carbons (Fsp3) is 1.00. The van der Waals surface area contributed by atoms with Crippen molar-refractivity contribution in [3.05, 3.63) is 0 Å². The number of hydrogen-bond donors (Lipinski definition) is 2. The lowest BCUT2D eigenvalue weighted by Crippen LogP contribution is -2.47. The minimum absolute atomic E-state index is 0.344. The third kappa shape index (κ3) is 17.2. The first kappa shape index (κ1) is 29.1. The van der Waals surface area contributed by atoms with E-state index in [1.807, 2.05) is 0 Å². The molecule has 186 valence electrons. The molecule has 1 atom stereocenters. The summed E-state index contributed by atoms with van der Waals surface area (Å²) in [4.78, 5) is 18.5. The maximum absolute atomic E-state index is 11.4. The van der Waals surface area contributed by atoms with Crippen molar-refractivity contribution in [2.45, 2.75) is 141 Å². The fourth-order valence-electron chi connectivity index (χ4n) is 4.74. The molecule has 0 aliphatic heterocycles. The summed E-state index contributed by atoms with van der Waals surface area (Å²) in [5.41, 5.74) is 0. The van der Waals surface area contributed by atoms with Crippen LogP contribution in [0.3, 0.4) is 0 Å². The Morgan fingerprint density at radius 2 is 1.16 bits per heavy atom. The van der Waals surface area contributed by atoms with Gasteiger partial charge in [-0.05, 0) is 6.42 Å². The second kappa shape index (κ2) is 16.6. The molecule has 1 aliphatic carbocycles. The molecule has 0 radical (unpaired) electrons. The first-order valence-electron chi connectivity index (χ1n) is 13.3. The fourth-order valence-corrected chi connectivity index (χ4v) is 5.30. The Hall–Kier alpha value is 0.0700. The lowest BCUT2D eigenvalue weighted by molar-refractivity contribution is -0.903. The maximum atomic E-state index is 11.4. The van der Waals surface area contributed by atoms with Crippen LogP contribution in [0.1, 0.15) is 129 Å². The summed E-state index contributed by atoms with van der Waals surface area (Å²) in [6.45, 7) is 2.96. The van der Waals surface area contributed by atoms with E-state index in [1.54, 1.807) is 0 Å². The van der Waals surface area contributed by atoms with E-state index < -0.39 is 7.82 Å². The summed E-state index contributed by atoms with van der Waals surface area (Å²) < 4.78 is 17.3. The van der Waals surface area contributed by atoms with E-state index in [-0.39, 0.29) is 6.10 Å². The van der Waals surface area contributed by atoms with Crippen LogP contribution in [0.4, 0.5) is 0 Å². The molecule has 5 nitrogen and oxygen atoms in total. The van der Waals surface area contributed by atoms with Gasteiger partial charge in [-0.15, -0.1) is 0 Å². The molecule has 0 aromatic heterocycles. The van der Waals surface area contributed by atoms with Gasteiger partial charge >= 0.3 is 7.82 Å². The van der Waals surface area contributed by atoms with Gasteiger partial charge in [0.1, 0.15) is 12.6 Å². The molecule has 6 heteroatoms. The van der Waals surface area contributed by atoms with Crippen LogP contribution < -0.4 is 0 Å². The number of unbranched alkanes of at least 4 members (excludes halogenated alkanes) is 15. The number of rotatable bonds is 22. The standard InChI is InChI=1S/C25H52NO4P/c1-4-5-6-7-8-9-10-11-12-13-14-15-16-17-18-19-20-25(30-31(27,28)29)23-26(2,3)24-21-22-24/h24-25H,4-23H2,1-3H3,(H-,27,28,29)/p+1.